The van der Waals surface area contributed by atoms with Gasteiger partial charge in [0, 0.05) is 21.0 Å². The van der Waals surface area contributed by atoms with Crippen molar-refractivity contribution in [2.75, 3.05) is 23.4 Å². The van der Waals surface area contributed by atoms with Crippen LogP contribution in [0.4, 0.5) is 11.4 Å². The van der Waals surface area contributed by atoms with Gasteiger partial charge in [0.1, 0.15) is 11.0 Å². The van der Waals surface area contributed by atoms with E-state index in [-0.39, 0.29) is 29.0 Å². The summed E-state index contributed by atoms with van der Waals surface area (Å²) in [4.78, 5) is 57.0. The Morgan fingerprint density at radius 3 is 2.47 bits per heavy atom. The van der Waals surface area contributed by atoms with E-state index in [1.54, 1.807) is 54.6 Å². The Bertz CT molecular complexity index is 1770. The average Bonchev–Trinajstić information content (AvgIpc) is 3.48. The molecule has 0 bridgehead atoms. The summed E-state index contributed by atoms with van der Waals surface area (Å²) in [5.41, 5.74) is 1.66. The number of fused-ring (bicyclic) bond motifs is 2. The van der Waals surface area contributed by atoms with Crippen molar-refractivity contribution in [1.29, 1.82) is 0 Å². The second-order valence-electron chi connectivity index (χ2n) is 9.76. The van der Waals surface area contributed by atoms with Gasteiger partial charge in [-0.25, -0.2) is 4.90 Å². The molecule has 1 fully saturated rings. The number of rotatable bonds is 8. The minimum absolute atomic E-state index is 0.0855. The van der Waals surface area contributed by atoms with Gasteiger partial charge in [0.25, 0.3) is 5.91 Å². The van der Waals surface area contributed by atoms with E-state index in [2.05, 4.69) is 26.2 Å². The standard InChI is InChI=1S/C30H24BrN3O7S2/c1-2-40-21-13-15(3-12-20(21)41-14-22(36)32-17-6-10-19(35)11-7-17)23-24-26(42-27-25(23)43-30(39)33-27)29(38)34(28(24)37)18-8-4-16(31)5-9-18/h3-13,23-24,26,35H,2,14H2,1H3,(H,32,36)(H,33,39)/t23-,24?,26?/m1/s1. The molecule has 1 saturated heterocycles. The number of benzene rings is 3. The molecule has 13 heteroatoms. The van der Waals surface area contributed by atoms with Gasteiger partial charge in [-0.05, 0) is 73.2 Å². The summed E-state index contributed by atoms with van der Waals surface area (Å²) < 4.78 is 12.5. The third kappa shape index (κ3) is 5.67. The summed E-state index contributed by atoms with van der Waals surface area (Å²) in [5, 5.41) is 12.0. The van der Waals surface area contributed by atoms with Crippen molar-refractivity contribution >= 4 is 68.1 Å². The Kier molecular flexibility index (Phi) is 8.03. The van der Waals surface area contributed by atoms with Crippen molar-refractivity contribution < 1.29 is 29.0 Å². The van der Waals surface area contributed by atoms with E-state index in [1.807, 2.05) is 6.92 Å². The highest BCUT2D eigenvalue weighted by atomic mass is 79.9. The molecule has 3 aromatic carbocycles. The lowest BCUT2D eigenvalue weighted by Crippen LogP contribution is -2.32. The lowest BCUT2D eigenvalue weighted by atomic mass is 9.83. The number of amides is 3. The molecule has 0 spiro atoms. The van der Waals surface area contributed by atoms with Gasteiger partial charge in [-0.2, -0.15) is 0 Å². The maximum Gasteiger partial charge on any atom is 0.305 e. The van der Waals surface area contributed by atoms with Crippen molar-refractivity contribution in [3.05, 3.63) is 91.3 Å². The Balaban J connectivity index is 1.31. The molecule has 10 nitrogen and oxygen atoms in total. The van der Waals surface area contributed by atoms with Crippen LogP contribution in [0.1, 0.15) is 23.3 Å². The van der Waals surface area contributed by atoms with Crippen molar-refractivity contribution in [3.8, 4) is 17.2 Å². The SMILES string of the molecule is CCOc1cc([C@H]2c3sc(=O)[nH]c3SC3C(=O)N(c4ccc(Br)cc4)C(=O)C32)ccc1OCC(=O)Nc1ccc(O)cc1. The molecular weight excluding hydrogens is 658 g/mol. The number of phenols is 1. The van der Waals surface area contributed by atoms with E-state index in [4.69, 9.17) is 9.47 Å². The van der Waals surface area contributed by atoms with Crippen LogP contribution in [0.15, 0.2) is 81.0 Å². The van der Waals surface area contributed by atoms with Crippen LogP contribution in [-0.2, 0) is 14.4 Å². The molecule has 1 aromatic heterocycles. The predicted molar refractivity (Wildman–Crippen MR) is 166 cm³/mol. The monoisotopic (exact) mass is 681 g/mol. The molecule has 220 valence electrons. The van der Waals surface area contributed by atoms with Gasteiger partial charge in [0.2, 0.25) is 11.8 Å². The third-order valence-corrected chi connectivity index (χ3v) is 9.98. The maximum absolute atomic E-state index is 13.9. The van der Waals surface area contributed by atoms with Crippen LogP contribution in [0.25, 0.3) is 0 Å². The van der Waals surface area contributed by atoms with Crippen LogP contribution in [-0.4, -0.2) is 46.3 Å². The van der Waals surface area contributed by atoms with Crippen LogP contribution in [0, 0.1) is 5.92 Å². The van der Waals surface area contributed by atoms with Crippen LogP contribution < -0.4 is 24.6 Å². The Labute approximate surface area is 262 Å². The number of phenolic OH excluding ortho intramolecular Hbond substituents is 1. The van der Waals surface area contributed by atoms with Gasteiger partial charge in [-0.3, -0.25) is 19.2 Å². The number of nitrogens with zero attached hydrogens (tertiary/aromatic N) is 1. The second kappa shape index (κ2) is 11.9. The van der Waals surface area contributed by atoms with Gasteiger partial charge in [0.15, 0.2) is 18.1 Å². The Morgan fingerprint density at radius 2 is 1.74 bits per heavy atom. The largest absolute Gasteiger partial charge is 0.508 e. The molecule has 43 heavy (non-hydrogen) atoms. The third-order valence-electron chi connectivity index (χ3n) is 7.05. The molecule has 2 aliphatic heterocycles. The smallest absolute Gasteiger partial charge is 0.305 e. The fourth-order valence-electron chi connectivity index (χ4n) is 5.21. The van der Waals surface area contributed by atoms with E-state index in [1.165, 1.54) is 28.8 Å². The number of aromatic nitrogens is 1. The van der Waals surface area contributed by atoms with Gasteiger partial charge < -0.3 is 24.9 Å². The Morgan fingerprint density at radius 1 is 1.00 bits per heavy atom. The molecule has 4 aromatic rings. The molecule has 2 aliphatic rings. The van der Waals surface area contributed by atoms with Crippen LogP contribution >= 0.6 is 39.0 Å². The number of ether oxygens (including phenoxy) is 2. The first-order valence-electron chi connectivity index (χ1n) is 13.2. The molecule has 3 N–H and O–H groups in total. The summed E-state index contributed by atoms with van der Waals surface area (Å²) >= 11 is 5.62. The summed E-state index contributed by atoms with van der Waals surface area (Å²) in [6.45, 7) is 1.82. The van der Waals surface area contributed by atoms with E-state index in [9.17, 15) is 24.3 Å². The highest BCUT2D eigenvalue weighted by Crippen LogP contribution is 2.53. The first-order chi connectivity index (χ1) is 20.7. The van der Waals surface area contributed by atoms with E-state index in [0.717, 1.165) is 15.8 Å². The van der Waals surface area contributed by atoms with Gasteiger partial charge in [0.05, 0.1) is 23.2 Å². The summed E-state index contributed by atoms with van der Waals surface area (Å²) in [5.74, 6) is -1.67. The van der Waals surface area contributed by atoms with Gasteiger partial charge in [-0.15, -0.1) is 0 Å². The lowest BCUT2D eigenvalue weighted by molar-refractivity contribution is -0.122. The number of aromatic hydroxyl groups is 1. The van der Waals surface area contributed by atoms with E-state index >= 15 is 0 Å². The molecule has 0 saturated carbocycles. The molecule has 0 aliphatic carbocycles. The second-order valence-corrected chi connectivity index (χ2v) is 12.8. The van der Waals surface area contributed by atoms with Gasteiger partial charge in [-0.1, -0.05) is 45.1 Å². The fraction of sp³-hybridized carbons (Fsp3) is 0.200. The van der Waals surface area contributed by atoms with E-state index < -0.39 is 23.0 Å². The zero-order chi connectivity index (χ0) is 30.2. The maximum atomic E-state index is 13.9. The van der Waals surface area contributed by atoms with Crippen LogP contribution in [0.2, 0.25) is 0 Å². The highest BCUT2D eigenvalue weighted by molar-refractivity contribution is 9.10. The zero-order valence-corrected chi connectivity index (χ0v) is 25.8. The number of imide groups is 1. The molecule has 3 amide bonds. The minimum Gasteiger partial charge on any atom is -0.508 e. The van der Waals surface area contributed by atoms with Crippen LogP contribution in [0.3, 0.4) is 0 Å². The number of H-pyrrole nitrogens is 1. The van der Waals surface area contributed by atoms with Gasteiger partial charge >= 0.3 is 4.87 Å². The minimum atomic E-state index is -0.752. The number of nitrogens with one attached hydrogen (secondary N) is 2. The number of halogens is 1. The number of hydrogen-bond donors (Lipinski definition) is 3. The first kappa shape index (κ1) is 29.0. The van der Waals surface area contributed by atoms with Crippen molar-refractivity contribution in [2.45, 2.75) is 23.1 Å². The first-order valence-corrected chi connectivity index (χ1v) is 15.7. The quantitative estimate of drug-likeness (QED) is 0.172. The molecular formula is C30H24BrN3O7S2. The molecule has 6 rings (SSSR count). The molecule has 3 atom stereocenters. The number of anilines is 2. The van der Waals surface area contributed by atoms with Crippen molar-refractivity contribution in [1.82, 2.24) is 4.98 Å². The number of thioether (sulfide) groups is 1. The molecule has 0 radical (unpaired) electrons. The van der Waals surface area contributed by atoms with Crippen molar-refractivity contribution in [3.63, 3.8) is 0 Å². The predicted octanol–water partition coefficient (Wildman–Crippen LogP) is 5.12. The lowest BCUT2D eigenvalue weighted by Gasteiger charge is -2.30. The normalized spacial score (nSPS) is 19.1. The van der Waals surface area contributed by atoms with Crippen molar-refractivity contribution in [2.24, 2.45) is 5.92 Å². The summed E-state index contributed by atoms with van der Waals surface area (Å²) in [6, 6.07) is 18.2. The summed E-state index contributed by atoms with van der Waals surface area (Å²) in [6.07, 6.45) is 0. The highest BCUT2D eigenvalue weighted by Gasteiger charge is 2.56. The molecule has 3 heterocycles. The van der Waals surface area contributed by atoms with Crippen LogP contribution in [0.5, 0.6) is 17.2 Å². The number of aromatic amines is 1. The summed E-state index contributed by atoms with van der Waals surface area (Å²) in [7, 11) is 0. The molecule has 2 unspecified atom stereocenters. The number of carbonyl (C=O) groups excluding carboxylic acids is 3. The van der Waals surface area contributed by atoms with E-state index in [0.29, 0.717) is 44.9 Å². The number of thiazole rings is 1. The number of carbonyl (C=O) groups is 3. The Hall–Kier alpha value is -4.07. The fourth-order valence-corrected chi connectivity index (χ4v) is 7.99. The topological polar surface area (TPSA) is 138 Å². The number of hydrogen-bond acceptors (Lipinski definition) is 9. The average molecular weight is 683 g/mol. The zero-order valence-electron chi connectivity index (χ0n) is 22.5.